The molecule has 30 heavy (non-hydrogen) atoms. The van der Waals surface area contributed by atoms with Crippen molar-refractivity contribution in [3.05, 3.63) is 76.1 Å². The van der Waals surface area contributed by atoms with Gasteiger partial charge in [-0.25, -0.2) is 0 Å². The Kier molecular flexibility index (Phi) is 4.92. The fourth-order valence-corrected chi connectivity index (χ4v) is 4.00. The maximum Gasteiger partial charge on any atom is 0.416 e. The molecule has 1 amide bonds. The van der Waals surface area contributed by atoms with Crippen LogP contribution < -0.4 is 0 Å². The number of carbonyl (C=O) groups is 1. The molecule has 4 nitrogen and oxygen atoms in total. The summed E-state index contributed by atoms with van der Waals surface area (Å²) in [6.07, 6.45) is -3.61. The van der Waals surface area contributed by atoms with Gasteiger partial charge < -0.3 is 4.90 Å². The summed E-state index contributed by atoms with van der Waals surface area (Å²) in [5, 5.41) is 4.34. The van der Waals surface area contributed by atoms with Crippen LogP contribution in [0.5, 0.6) is 0 Å². The number of amides is 1. The lowest BCUT2D eigenvalue weighted by molar-refractivity contribution is -0.137. The van der Waals surface area contributed by atoms with Crippen molar-refractivity contribution < 1.29 is 18.0 Å². The minimum atomic E-state index is -4.35. The molecule has 2 heterocycles. The van der Waals surface area contributed by atoms with E-state index in [1.807, 2.05) is 44.0 Å². The lowest BCUT2D eigenvalue weighted by Gasteiger charge is -2.29. The summed E-state index contributed by atoms with van der Waals surface area (Å²) in [7, 11) is 1.82. The van der Waals surface area contributed by atoms with E-state index in [1.165, 1.54) is 12.1 Å². The standard InChI is InChI=1S/C23H22F3N3O/c1-14-21(15(2)28(3)27-14)22(30)29-11-10-17-4-5-18(12-19(17)13-29)16-6-8-20(9-7-16)23(24,25)26/h4-9,12H,10-11,13H2,1-3H3. The molecule has 2 aromatic carbocycles. The third-order valence-electron chi connectivity index (χ3n) is 5.77. The average Bonchev–Trinajstić information content (AvgIpc) is 2.97. The fraction of sp³-hybridized carbons (Fsp3) is 0.304. The molecule has 1 aliphatic heterocycles. The molecule has 3 aromatic rings. The van der Waals surface area contributed by atoms with Crippen molar-refractivity contribution in [3.8, 4) is 11.1 Å². The van der Waals surface area contributed by atoms with Crippen molar-refractivity contribution in [1.29, 1.82) is 0 Å². The second-order valence-electron chi connectivity index (χ2n) is 7.70. The molecule has 156 valence electrons. The Bertz CT molecular complexity index is 1110. The van der Waals surface area contributed by atoms with Crippen LogP contribution in [0.15, 0.2) is 42.5 Å². The van der Waals surface area contributed by atoms with E-state index in [-0.39, 0.29) is 5.91 Å². The first-order valence-electron chi connectivity index (χ1n) is 9.74. The summed E-state index contributed by atoms with van der Waals surface area (Å²) >= 11 is 0. The van der Waals surface area contributed by atoms with E-state index < -0.39 is 11.7 Å². The number of alkyl halides is 3. The molecule has 0 saturated carbocycles. The van der Waals surface area contributed by atoms with E-state index in [2.05, 4.69) is 5.10 Å². The second kappa shape index (κ2) is 7.31. The molecule has 0 radical (unpaired) electrons. The topological polar surface area (TPSA) is 38.1 Å². The zero-order valence-corrected chi connectivity index (χ0v) is 17.0. The summed E-state index contributed by atoms with van der Waals surface area (Å²) in [4.78, 5) is 14.9. The first-order chi connectivity index (χ1) is 14.1. The van der Waals surface area contributed by atoms with Crippen molar-refractivity contribution >= 4 is 5.91 Å². The number of fused-ring (bicyclic) bond motifs is 1. The van der Waals surface area contributed by atoms with Gasteiger partial charge in [-0.1, -0.05) is 24.3 Å². The van der Waals surface area contributed by atoms with Crippen molar-refractivity contribution in [1.82, 2.24) is 14.7 Å². The van der Waals surface area contributed by atoms with Crippen molar-refractivity contribution in [2.75, 3.05) is 6.54 Å². The minimum absolute atomic E-state index is 0.0383. The van der Waals surface area contributed by atoms with Crippen LogP contribution >= 0.6 is 0 Å². The van der Waals surface area contributed by atoms with Crippen LogP contribution in [0, 0.1) is 13.8 Å². The zero-order valence-electron chi connectivity index (χ0n) is 17.0. The zero-order chi connectivity index (χ0) is 21.6. The van der Waals surface area contributed by atoms with Crippen LogP contribution in [0.2, 0.25) is 0 Å². The van der Waals surface area contributed by atoms with Gasteiger partial charge in [-0.05, 0) is 60.7 Å². The summed E-state index contributed by atoms with van der Waals surface area (Å²) in [6.45, 7) is 4.81. The van der Waals surface area contributed by atoms with E-state index in [9.17, 15) is 18.0 Å². The SMILES string of the molecule is Cc1nn(C)c(C)c1C(=O)N1CCc2ccc(-c3ccc(C(F)(F)F)cc3)cc2C1. The van der Waals surface area contributed by atoms with Gasteiger partial charge >= 0.3 is 6.18 Å². The molecule has 0 saturated heterocycles. The van der Waals surface area contributed by atoms with Gasteiger partial charge in [0.1, 0.15) is 0 Å². The Hall–Kier alpha value is -3.09. The molecule has 0 fully saturated rings. The Balaban J connectivity index is 1.60. The van der Waals surface area contributed by atoms with E-state index >= 15 is 0 Å². The van der Waals surface area contributed by atoms with Gasteiger partial charge in [0.2, 0.25) is 0 Å². The molecule has 1 aliphatic rings. The van der Waals surface area contributed by atoms with Gasteiger partial charge in [-0.15, -0.1) is 0 Å². The number of carbonyl (C=O) groups excluding carboxylic acids is 1. The van der Waals surface area contributed by atoms with Gasteiger partial charge in [-0.2, -0.15) is 18.3 Å². The first-order valence-corrected chi connectivity index (χ1v) is 9.74. The Morgan fingerprint density at radius 3 is 2.27 bits per heavy atom. The van der Waals surface area contributed by atoms with E-state index in [0.717, 1.165) is 40.9 Å². The smallest absolute Gasteiger partial charge is 0.334 e. The van der Waals surface area contributed by atoms with E-state index in [0.29, 0.717) is 29.9 Å². The maximum atomic E-state index is 13.1. The number of hydrogen-bond donors (Lipinski definition) is 0. The lowest BCUT2D eigenvalue weighted by Crippen LogP contribution is -2.36. The van der Waals surface area contributed by atoms with Crippen LogP contribution in [-0.2, 0) is 26.2 Å². The van der Waals surface area contributed by atoms with Crippen molar-refractivity contribution in [2.45, 2.75) is 33.0 Å². The molecule has 0 unspecified atom stereocenters. The van der Waals surface area contributed by atoms with Crippen LogP contribution in [-0.4, -0.2) is 27.1 Å². The average molecular weight is 413 g/mol. The lowest BCUT2D eigenvalue weighted by atomic mass is 9.94. The molecular formula is C23H22F3N3O. The Morgan fingerprint density at radius 2 is 1.67 bits per heavy atom. The monoisotopic (exact) mass is 413 g/mol. The number of aryl methyl sites for hydroxylation is 2. The summed E-state index contributed by atoms with van der Waals surface area (Å²) in [5.74, 6) is -0.0383. The highest BCUT2D eigenvalue weighted by atomic mass is 19.4. The molecule has 0 bridgehead atoms. The third kappa shape index (κ3) is 3.60. The number of rotatable bonds is 2. The van der Waals surface area contributed by atoms with Gasteiger partial charge in [0.25, 0.3) is 5.91 Å². The largest absolute Gasteiger partial charge is 0.416 e. The summed E-state index contributed by atoms with van der Waals surface area (Å²) < 4.78 is 40.2. The highest BCUT2D eigenvalue weighted by Crippen LogP contribution is 2.32. The number of benzene rings is 2. The Labute approximate surface area is 172 Å². The molecule has 0 atom stereocenters. The number of aromatic nitrogens is 2. The molecule has 0 aliphatic carbocycles. The molecular weight excluding hydrogens is 391 g/mol. The Morgan fingerprint density at radius 1 is 1.00 bits per heavy atom. The van der Waals surface area contributed by atoms with Gasteiger partial charge in [0.15, 0.2) is 0 Å². The number of nitrogens with zero attached hydrogens (tertiary/aromatic N) is 3. The van der Waals surface area contributed by atoms with Gasteiger partial charge in [0, 0.05) is 25.8 Å². The first kappa shape index (κ1) is 20.2. The van der Waals surface area contributed by atoms with Gasteiger partial charge in [0.05, 0.1) is 16.8 Å². The van der Waals surface area contributed by atoms with Crippen molar-refractivity contribution in [3.63, 3.8) is 0 Å². The quantitative estimate of drug-likeness (QED) is 0.598. The highest BCUT2D eigenvalue weighted by Gasteiger charge is 2.30. The third-order valence-corrected chi connectivity index (χ3v) is 5.77. The van der Waals surface area contributed by atoms with E-state index in [4.69, 9.17) is 0 Å². The van der Waals surface area contributed by atoms with Crippen LogP contribution in [0.3, 0.4) is 0 Å². The molecule has 4 rings (SSSR count). The van der Waals surface area contributed by atoms with E-state index in [1.54, 1.807) is 4.68 Å². The minimum Gasteiger partial charge on any atom is -0.334 e. The highest BCUT2D eigenvalue weighted by molar-refractivity contribution is 5.96. The summed E-state index contributed by atoms with van der Waals surface area (Å²) in [6, 6.07) is 11.1. The molecule has 0 spiro atoms. The maximum absolute atomic E-state index is 13.1. The van der Waals surface area contributed by atoms with Crippen LogP contribution in [0.1, 0.15) is 38.4 Å². The number of hydrogen-bond acceptors (Lipinski definition) is 2. The molecule has 0 N–H and O–H groups in total. The van der Waals surface area contributed by atoms with Crippen LogP contribution in [0.4, 0.5) is 13.2 Å². The molecule has 1 aromatic heterocycles. The predicted molar refractivity (Wildman–Crippen MR) is 108 cm³/mol. The van der Waals surface area contributed by atoms with Gasteiger partial charge in [-0.3, -0.25) is 9.48 Å². The number of halogens is 3. The summed E-state index contributed by atoms with van der Waals surface area (Å²) in [5.41, 5.74) is 5.26. The fourth-order valence-electron chi connectivity index (χ4n) is 4.00. The predicted octanol–water partition coefficient (Wildman–Crippen LogP) is 4.92. The van der Waals surface area contributed by atoms with Crippen LogP contribution in [0.25, 0.3) is 11.1 Å². The van der Waals surface area contributed by atoms with Crippen molar-refractivity contribution in [2.24, 2.45) is 7.05 Å². The second-order valence-corrected chi connectivity index (χ2v) is 7.70. The molecule has 7 heteroatoms. The normalized spacial score (nSPS) is 14.0.